The van der Waals surface area contributed by atoms with Gasteiger partial charge in [-0.2, -0.15) is 0 Å². The van der Waals surface area contributed by atoms with E-state index in [-0.39, 0.29) is 17.8 Å². The molecule has 0 aromatic heterocycles. The monoisotopic (exact) mass is 822 g/mol. The maximum Gasteiger partial charge on any atom is 0.292 e. The number of hydrogen-bond acceptors (Lipinski definition) is 4. The van der Waals surface area contributed by atoms with Gasteiger partial charge in [-0.05, 0) is 122 Å². The largest absolute Gasteiger partial charge is 0.388 e. The maximum absolute atomic E-state index is 10.1. The Morgan fingerprint density at radius 3 is 1.49 bits per heavy atom. The summed E-state index contributed by atoms with van der Waals surface area (Å²) >= 11 is 0. The molecule has 4 heteroatoms. The highest BCUT2D eigenvalue weighted by Crippen LogP contribution is 2.57. The summed E-state index contributed by atoms with van der Waals surface area (Å²) < 4.78 is 11.5. The van der Waals surface area contributed by atoms with Crippen LogP contribution in [0.15, 0.2) is 183 Å². The third-order valence-corrected chi connectivity index (χ3v) is 12.5. The quantitative estimate of drug-likeness (QED) is 0.0763. The van der Waals surface area contributed by atoms with E-state index < -0.39 is 5.41 Å². The fourth-order valence-electron chi connectivity index (χ4n) is 9.24. The van der Waals surface area contributed by atoms with Gasteiger partial charge in [-0.25, -0.2) is 0 Å². The highest BCUT2D eigenvalue weighted by Gasteiger charge is 2.37. The van der Waals surface area contributed by atoms with Gasteiger partial charge in [0.1, 0.15) is 11.5 Å². The Kier molecular flexibility index (Phi) is 13.5. The van der Waals surface area contributed by atoms with Crippen molar-refractivity contribution in [2.75, 3.05) is 0 Å². The van der Waals surface area contributed by atoms with Gasteiger partial charge in [-0.15, -0.1) is 17.1 Å². The van der Waals surface area contributed by atoms with Crippen LogP contribution in [0.1, 0.15) is 82.1 Å². The van der Waals surface area contributed by atoms with E-state index in [1.54, 1.807) is 0 Å². The molecule has 7 aromatic rings. The molecule has 0 fully saturated rings. The Hall–Kier alpha value is -7.40. The molecule has 4 nitrogen and oxygen atoms in total. The van der Waals surface area contributed by atoms with E-state index in [9.17, 15) is 10.5 Å². The van der Waals surface area contributed by atoms with Gasteiger partial charge in [0.25, 0.3) is 12.5 Å². The van der Waals surface area contributed by atoms with E-state index in [0.717, 1.165) is 72.3 Å². The summed E-state index contributed by atoms with van der Waals surface area (Å²) in [7, 11) is 0. The first-order valence-corrected chi connectivity index (χ1v) is 21.8. The summed E-state index contributed by atoms with van der Waals surface area (Å²) in [5, 5.41) is 19.9. The molecule has 0 N–H and O–H groups in total. The number of benzene rings is 7. The van der Waals surface area contributed by atoms with Crippen molar-refractivity contribution >= 4 is 0 Å². The molecule has 0 bridgehead atoms. The highest BCUT2D eigenvalue weighted by atomic mass is 16.5. The standard InChI is InChI=1S/C59H54N2O2/c1-8-22-42(23-9-2)53-54(43-24-14-10-15-25-43)56(45-28-18-12-19-29-45)58(47-33-35-52(63-39-61)50(37-47)59(7,41(5)6)48-30-20-13-21-31-48)57(55(53)44-26-16-11-17-27-44)46-32-34-51(62-38-60)49(36-46)40(3)4/h8-21,23-37,40-42H,1,22H2,2-7H3/b23-9-. The van der Waals surface area contributed by atoms with Gasteiger partial charge in [0, 0.05) is 16.9 Å². The molecule has 0 radical (unpaired) electrons. The number of hydrogen-bond donors (Lipinski definition) is 0. The lowest BCUT2D eigenvalue weighted by atomic mass is 9.67. The number of ether oxygens (including phenoxy) is 2. The van der Waals surface area contributed by atoms with Crippen LogP contribution in [0.25, 0.3) is 55.6 Å². The topological polar surface area (TPSA) is 66.0 Å². The van der Waals surface area contributed by atoms with Gasteiger partial charge < -0.3 is 9.47 Å². The third-order valence-electron chi connectivity index (χ3n) is 12.5. The zero-order valence-corrected chi connectivity index (χ0v) is 37.1. The molecule has 63 heavy (non-hydrogen) atoms. The van der Waals surface area contributed by atoms with E-state index in [1.807, 2.05) is 36.8 Å². The molecule has 0 amide bonds. The van der Waals surface area contributed by atoms with Crippen molar-refractivity contribution in [3.63, 3.8) is 0 Å². The number of allylic oxidation sites excluding steroid dienone is 3. The summed E-state index contributed by atoms with van der Waals surface area (Å²) in [6.45, 7) is 17.3. The SMILES string of the molecule is C=CCC(/C=C\C)c1c(-c2ccccc2)c(-c2ccccc2)c(-c2ccc(OC#N)c(C(C)(c3ccccc3)C(C)C)c2)c(-c2ccc(OC#N)c(C(C)C)c2)c1-c1ccccc1. The van der Waals surface area contributed by atoms with Crippen LogP contribution in [-0.4, -0.2) is 0 Å². The van der Waals surface area contributed by atoms with Crippen molar-refractivity contribution in [1.82, 2.24) is 0 Å². The molecule has 7 aromatic carbocycles. The minimum Gasteiger partial charge on any atom is -0.388 e. The van der Waals surface area contributed by atoms with Crippen LogP contribution in [0.2, 0.25) is 0 Å². The fourth-order valence-corrected chi connectivity index (χ4v) is 9.24. The molecule has 312 valence electrons. The number of rotatable bonds is 15. The molecule has 0 aliphatic rings. The summed E-state index contributed by atoms with van der Waals surface area (Å²) in [6, 6.07) is 55.2. The second-order valence-corrected chi connectivity index (χ2v) is 16.8. The summed E-state index contributed by atoms with van der Waals surface area (Å²) in [5.41, 5.74) is 14.2. The van der Waals surface area contributed by atoms with Crippen molar-refractivity contribution in [3.8, 4) is 79.6 Å². The second-order valence-electron chi connectivity index (χ2n) is 16.8. The Morgan fingerprint density at radius 1 is 0.571 bits per heavy atom. The van der Waals surface area contributed by atoms with E-state index >= 15 is 0 Å². The lowest BCUT2D eigenvalue weighted by Crippen LogP contribution is -2.30. The molecule has 0 aliphatic heterocycles. The lowest BCUT2D eigenvalue weighted by molar-refractivity contribution is 0.386. The van der Waals surface area contributed by atoms with E-state index in [0.29, 0.717) is 17.9 Å². The van der Waals surface area contributed by atoms with Crippen molar-refractivity contribution in [3.05, 3.63) is 205 Å². The first kappa shape index (κ1) is 43.7. The van der Waals surface area contributed by atoms with Crippen LogP contribution in [0.4, 0.5) is 0 Å². The molecule has 0 heterocycles. The van der Waals surface area contributed by atoms with Gasteiger partial charge in [-0.3, -0.25) is 0 Å². The minimum absolute atomic E-state index is 0.0526. The van der Waals surface area contributed by atoms with Gasteiger partial charge in [-0.1, -0.05) is 186 Å². The van der Waals surface area contributed by atoms with Gasteiger partial charge in [0.2, 0.25) is 0 Å². The molecule has 0 spiro atoms. The molecule has 0 saturated heterocycles. The van der Waals surface area contributed by atoms with Crippen LogP contribution < -0.4 is 9.47 Å². The number of nitrogens with zero attached hydrogens (tertiary/aromatic N) is 2. The Balaban J connectivity index is 1.82. The van der Waals surface area contributed by atoms with E-state index in [1.165, 1.54) is 5.56 Å². The first-order valence-electron chi connectivity index (χ1n) is 21.8. The van der Waals surface area contributed by atoms with Crippen LogP contribution in [0.5, 0.6) is 11.5 Å². The molecular formula is C59H54N2O2. The molecule has 0 aliphatic carbocycles. The third kappa shape index (κ3) is 8.59. The highest BCUT2D eigenvalue weighted by molar-refractivity contribution is 6.10. The normalized spacial score (nSPS) is 12.7. The van der Waals surface area contributed by atoms with Gasteiger partial charge >= 0.3 is 0 Å². The molecule has 0 saturated carbocycles. The predicted molar refractivity (Wildman–Crippen MR) is 260 cm³/mol. The van der Waals surface area contributed by atoms with Crippen molar-refractivity contribution in [1.29, 1.82) is 10.5 Å². The number of nitriles is 2. The van der Waals surface area contributed by atoms with Crippen molar-refractivity contribution < 1.29 is 9.47 Å². The average molecular weight is 823 g/mol. The predicted octanol–water partition coefficient (Wildman–Crippen LogP) is 16.1. The fraction of sp³-hybridized carbons (Fsp3) is 0.186. The lowest BCUT2D eigenvalue weighted by Gasteiger charge is -2.37. The minimum atomic E-state index is -0.553. The van der Waals surface area contributed by atoms with Crippen LogP contribution in [0.3, 0.4) is 0 Å². The van der Waals surface area contributed by atoms with Gasteiger partial charge in [0.05, 0.1) is 0 Å². The van der Waals surface area contributed by atoms with E-state index in [4.69, 9.17) is 9.47 Å². The van der Waals surface area contributed by atoms with Crippen LogP contribution in [0, 0.1) is 29.0 Å². The summed E-state index contributed by atoms with van der Waals surface area (Å²) in [5.74, 6) is 1.18. The van der Waals surface area contributed by atoms with Crippen molar-refractivity contribution in [2.45, 2.75) is 65.2 Å². The second kappa shape index (κ2) is 19.5. The molecule has 2 atom stereocenters. The Labute approximate surface area is 374 Å². The first-order chi connectivity index (χ1) is 30.7. The Bertz CT molecular complexity index is 2810. The Morgan fingerprint density at radius 2 is 1.02 bits per heavy atom. The molecule has 2 unspecified atom stereocenters. The maximum atomic E-state index is 10.1. The zero-order valence-electron chi connectivity index (χ0n) is 37.1. The summed E-state index contributed by atoms with van der Waals surface area (Å²) in [6.07, 6.45) is 11.1. The van der Waals surface area contributed by atoms with Crippen LogP contribution in [-0.2, 0) is 5.41 Å². The summed E-state index contributed by atoms with van der Waals surface area (Å²) in [4.78, 5) is 0. The average Bonchev–Trinajstić information content (AvgIpc) is 3.31. The van der Waals surface area contributed by atoms with Crippen LogP contribution >= 0.6 is 0 Å². The molecule has 7 rings (SSSR count). The van der Waals surface area contributed by atoms with Gasteiger partial charge in [0.15, 0.2) is 0 Å². The smallest absolute Gasteiger partial charge is 0.292 e. The van der Waals surface area contributed by atoms with Crippen molar-refractivity contribution in [2.24, 2.45) is 5.92 Å². The molecular weight excluding hydrogens is 769 g/mol. The van der Waals surface area contributed by atoms with E-state index in [2.05, 4.69) is 200 Å². The zero-order chi connectivity index (χ0) is 44.5.